The standard InChI is InChI=1S/C9H10O2.C8H8O2/c1-2-11-9(10)8-6-4-3-5-7-8;1-7(9)10-8-5-3-2-4-6-8/h3-7H,2H2,1H3;2-6H,1H3. The van der Waals surface area contributed by atoms with Gasteiger partial charge in [0.15, 0.2) is 0 Å². The van der Waals surface area contributed by atoms with Gasteiger partial charge in [-0.15, -0.1) is 0 Å². The van der Waals surface area contributed by atoms with E-state index in [2.05, 4.69) is 0 Å². The highest BCUT2D eigenvalue weighted by molar-refractivity contribution is 5.89. The van der Waals surface area contributed by atoms with E-state index in [1.165, 1.54) is 6.92 Å². The van der Waals surface area contributed by atoms with Crippen molar-refractivity contribution in [3.8, 4) is 5.75 Å². The SMILES string of the molecule is CC(=O)Oc1ccccc1.CCOC(=O)c1ccccc1. The highest BCUT2D eigenvalue weighted by atomic mass is 16.5. The minimum absolute atomic E-state index is 0.256. The molecule has 0 aliphatic rings. The van der Waals surface area contributed by atoms with Gasteiger partial charge < -0.3 is 9.47 Å². The molecule has 0 aromatic heterocycles. The third-order valence-corrected chi connectivity index (χ3v) is 2.29. The van der Waals surface area contributed by atoms with E-state index in [4.69, 9.17) is 9.47 Å². The number of hydrogen-bond donors (Lipinski definition) is 0. The number of carbonyl (C=O) groups is 2. The van der Waals surface area contributed by atoms with Crippen LogP contribution in [0.2, 0.25) is 0 Å². The maximum atomic E-state index is 11.0. The molecule has 21 heavy (non-hydrogen) atoms. The average molecular weight is 286 g/mol. The van der Waals surface area contributed by atoms with Gasteiger partial charge in [-0.2, -0.15) is 0 Å². The number of ether oxygens (including phenoxy) is 2. The molecule has 0 saturated heterocycles. The lowest BCUT2D eigenvalue weighted by Gasteiger charge is -1.99. The Bertz CT molecular complexity index is 550. The van der Waals surface area contributed by atoms with Crippen molar-refractivity contribution in [2.75, 3.05) is 6.61 Å². The quantitative estimate of drug-likeness (QED) is 0.640. The number of hydrogen-bond acceptors (Lipinski definition) is 4. The second-order valence-electron chi connectivity index (χ2n) is 3.99. The van der Waals surface area contributed by atoms with Gasteiger partial charge in [-0.1, -0.05) is 36.4 Å². The molecule has 0 amide bonds. The lowest BCUT2D eigenvalue weighted by atomic mass is 10.2. The number of benzene rings is 2. The van der Waals surface area contributed by atoms with Crippen LogP contribution < -0.4 is 4.74 Å². The third-order valence-electron chi connectivity index (χ3n) is 2.29. The van der Waals surface area contributed by atoms with Crippen LogP contribution in [0.15, 0.2) is 60.7 Å². The second kappa shape index (κ2) is 9.31. The fourth-order valence-electron chi connectivity index (χ4n) is 1.44. The van der Waals surface area contributed by atoms with Crippen molar-refractivity contribution < 1.29 is 19.1 Å². The van der Waals surface area contributed by atoms with Crippen molar-refractivity contribution >= 4 is 11.9 Å². The molecular formula is C17H18O4. The van der Waals surface area contributed by atoms with Crippen LogP contribution in [-0.2, 0) is 9.53 Å². The minimum atomic E-state index is -0.286. The predicted octanol–water partition coefficient (Wildman–Crippen LogP) is 3.48. The van der Waals surface area contributed by atoms with Gasteiger partial charge >= 0.3 is 11.9 Å². The predicted molar refractivity (Wildman–Crippen MR) is 80.1 cm³/mol. The highest BCUT2D eigenvalue weighted by Gasteiger charge is 2.02. The van der Waals surface area contributed by atoms with Gasteiger partial charge in [0.25, 0.3) is 0 Å². The number of carbonyl (C=O) groups excluding carboxylic acids is 2. The smallest absolute Gasteiger partial charge is 0.338 e. The molecule has 4 heteroatoms. The first kappa shape index (κ1) is 16.4. The van der Waals surface area contributed by atoms with Gasteiger partial charge in [0, 0.05) is 6.92 Å². The van der Waals surface area contributed by atoms with E-state index in [0.717, 1.165) is 0 Å². The molecule has 0 bridgehead atoms. The summed E-state index contributed by atoms with van der Waals surface area (Å²) >= 11 is 0. The number of rotatable bonds is 3. The molecule has 0 aliphatic heterocycles. The Balaban J connectivity index is 0.000000211. The topological polar surface area (TPSA) is 52.6 Å². The van der Waals surface area contributed by atoms with Crippen LogP contribution in [0.3, 0.4) is 0 Å². The summed E-state index contributed by atoms with van der Waals surface area (Å²) < 4.78 is 9.56. The number of para-hydroxylation sites is 1. The summed E-state index contributed by atoms with van der Waals surface area (Å²) in [5.41, 5.74) is 0.606. The van der Waals surface area contributed by atoms with Crippen molar-refractivity contribution in [3.05, 3.63) is 66.2 Å². The molecule has 0 radical (unpaired) electrons. The molecular weight excluding hydrogens is 268 g/mol. The molecule has 2 aromatic rings. The fourth-order valence-corrected chi connectivity index (χ4v) is 1.44. The van der Waals surface area contributed by atoms with E-state index in [9.17, 15) is 9.59 Å². The van der Waals surface area contributed by atoms with Gasteiger partial charge in [0.2, 0.25) is 0 Å². The van der Waals surface area contributed by atoms with Gasteiger partial charge in [0.05, 0.1) is 12.2 Å². The van der Waals surface area contributed by atoms with E-state index < -0.39 is 0 Å². The molecule has 0 fully saturated rings. The van der Waals surface area contributed by atoms with E-state index in [1.54, 1.807) is 31.2 Å². The van der Waals surface area contributed by atoms with Crippen molar-refractivity contribution in [2.45, 2.75) is 13.8 Å². The van der Waals surface area contributed by atoms with Crippen molar-refractivity contribution in [1.82, 2.24) is 0 Å². The van der Waals surface area contributed by atoms with E-state index in [1.807, 2.05) is 36.4 Å². The molecule has 2 rings (SSSR count). The summed E-state index contributed by atoms with van der Waals surface area (Å²) in [7, 11) is 0. The summed E-state index contributed by atoms with van der Waals surface area (Å²) in [4.78, 5) is 21.4. The van der Waals surface area contributed by atoms with Gasteiger partial charge in [-0.3, -0.25) is 4.79 Å². The summed E-state index contributed by atoms with van der Waals surface area (Å²) in [5, 5.41) is 0. The summed E-state index contributed by atoms with van der Waals surface area (Å²) in [6.45, 7) is 3.60. The van der Waals surface area contributed by atoms with Gasteiger partial charge in [-0.25, -0.2) is 4.79 Å². The first-order valence-electron chi connectivity index (χ1n) is 6.59. The maximum Gasteiger partial charge on any atom is 0.338 e. The molecule has 0 heterocycles. The van der Waals surface area contributed by atoms with E-state index in [-0.39, 0.29) is 11.9 Å². The summed E-state index contributed by atoms with van der Waals surface area (Å²) in [6, 6.07) is 17.9. The van der Waals surface area contributed by atoms with E-state index >= 15 is 0 Å². The Morgan fingerprint density at radius 2 is 1.43 bits per heavy atom. The molecule has 0 spiro atoms. The van der Waals surface area contributed by atoms with Crippen molar-refractivity contribution in [3.63, 3.8) is 0 Å². The van der Waals surface area contributed by atoms with E-state index in [0.29, 0.717) is 17.9 Å². The van der Waals surface area contributed by atoms with Crippen LogP contribution in [0.5, 0.6) is 5.75 Å². The van der Waals surface area contributed by atoms with Crippen molar-refractivity contribution in [2.24, 2.45) is 0 Å². The average Bonchev–Trinajstić information content (AvgIpc) is 2.49. The first-order valence-corrected chi connectivity index (χ1v) is 6.59. The molecule has 2 aromatic carbocycles. The van der Waals surface area contributed by atoms with Crippen LogP contribution in [-0.4, -0.2) is 18.5 Å². The second-order valence-corrected chi connectivity index (χ2v) is 3.99. The first-order chi connectivity index (χ1) is 10.1. The van der Waals surface area contributed by atoms with Crippen LogP contribution >= 0.6 is 0 Å². The Labute approximate surface area is 124 Å². The van der Waals surface area contributed by atoms with Crippen LogP contribution in [0.25, 0.3) is 0 Å². The molecule has 0 atom stereocenters. The van der Waals surface area contributed by atoms with Gasteiger partial charge in [0.1, 0.15) is 5.75 Å². The van der Waals surface area contributed by atoms with Crippen molar-refractivity contribution in [1.29, 1.82) is 0 Å². The Kier molecular flexibility index (Phi) is 7.29. The van der Waals surface area contributed by atoms with Crippen LogP contribution in [0, 0.1) is 0 Å². The molecule has 0 N–H and O–H groups in total. The van der Waals surface area contributed by atoms with Gasteiger partial charge in [-0.05, 0) is 31.2 Å². The zero-order valence-electron chi connectivity index (χ0n) is 12.1. The highest BCUT2D eigenvalue weighted by Crippen LogP contribution is 2.07. The molecule has 0 saturated carbocycles. The van der Waals surface area contributed by atoms with Crippen LogP contribution in [0.1, 0.15) is 24.2 Å². The normalized spacial score (nSPS) is 9.05. The largest absolute Gasteiger partial charge is 0.462 e. The zero-order chi connectivity index (χ0) is 15.5. The monoisotopic (exact) mass is 286 g/mol. The fraction of sp³-hybridized carbons (Fsp3) is 0.176. The number of esters is 2. The Hall–Kier alpha value is -2.62. The summed E-state index contributed by atoms with van der Waals surface area (Å²) in [6.07, 6.45) is 0. The molecule has 110 valence electrons. The lowest BCUT2D eigenvalue weighted by molar-refractivity contribution is -0.131. The zero-order valence-corrected chi connectivity index (χ0v) is 12.1. The molecule has 0 aliphatic carbocycles. The Morgan fingerprint density at radius 1 is 0.905 bits per heavy atom. The van der Waals surface area contributed by atoms with Crippen LogP contribution in [0.4, 0.5) is 0 Å². The lowest BCUT2D eigenvalue weighted by Crippen LogP contribution is -2.03. The summed E-state index contributed by atoms with van der Waals surface area (Å²) in [5.74, 6) is 0.0503. The Morgan fingerprint density at radius 3 is 1.90 bits per heavy atom. The molecule has 4 nitrogen and oxygen atoms in total. The molecule has 0 unspecified atom stereocenters. The minimum Gasteiger partial charge on any atom is -0.462 e. The maximum absolute atomic E-state index is 11.0. The third kappa shape index (κ3) is 6.92.